The van der Waals surface area contributed by atoms with Crippen molar-refractivity contribution in [3.8, 4) is 0 Å². The van der Waals surface area contributed by atoms with Gasteiger partial charge < -0.3 is 0 Å². The molecule has 0 heterocycles. The van der Waals surface area contributed by atoms with Gasteiger partial charge in [0.05, 0.1) is 0 Å². The van der Waals surface area contributed by atoms with Gasteiger partial charge in [0, 0.05) is 0 Å². The standard InChI is InChI=1S/C35H28/c1-27-17-23-33(24-18-27)35(32-15-9-4-10-16-32)26-29-21-19-28(20-22-29)25-34(30-11-5-2-6-12-30)31-13-7-3-8-14-31/h2-26H,1H3. The Kier molecular flexibility index (Phi) is 6.82. The first-order valence-electron chi connectivity index (χ1n) is 12.0. The lowest BCUT2D eigenvalue weighted by molar-refractivity contribution is 1.45. The summed E-state index contributed by atoms with van der Waals surface area (Å²) < 4.78 is 0. The Bertz CT molecular complexity index is 1380. The van der Waals surface area contributed by atoms with Crippen LogP contribution < -0.4 is 0 Å². The van der Waals surface area contributed by atoms with Crippen LogP contribution in [0.3, 0.4) is 0 Å². The number of hydrogen-bond donors (Lipinski definition) is 0. The topological polar surface area (TPSA) is 0 Å². The van der Waals surface area contributed by atoms with Crippen molar-refractivity contribution in [2.75, 3.05) is 0 Å². The summed E-state index contributed by atoms with van der Waals surface area (Å²) in [6.45, 7) is 2.13. The molecule has 0 fully saturated rings. The highest BCUT2D eigenvalue weighted by Gasteiger charge is 2.07. The van der Waals surface area contributed by atoms with Gasteiger partial charge in [-0.25, -0.2) is 0 Å². The van der Waals surface area contributed by atoms with Gasteiger partial charge in [-0.2, -0.15) is 0 Å². The molecule has 0 atom stereocenters. The van der Waals surface area contributed by atoms with Crippen molar-refractivity contribution in [2.24, 2.45) is 0 Å². The van der Waals surface area contributed by atoms with E-state index in [1.54, 1.807) is 0 Å². The van der Waals surface area contributed by atoms with Gasteiger partial charge in [-0.05, 0) is 63.6 Å². The number of rotatable bonds is 6. The van der Waals surface area contributed by atoms with Gasteiger partial charge >= 0.3 is 0 Å². The van der Waals surface area contributed by atoms with E-state index in [4.69, 9.17) is 0 Å². The minimum atomic E-state index is 1.18. The molecule has 0 radical (unpaired) electrons. The molecule has 0 aliphatic heterocycles. The summed E-state index contributed by atoms with van der Waals surface area (Å²) >= 11 is 0. The van der Waals surface area contributed by atoms with Crippen LogP contribution in [0.15, 0.2) is 140 Å². The maximum Gasteiger partial charge on any atom is -0.0105 e. The van der Waals surface area contributed by atoms with Crippen molar-refractivity contribution in [1.29, 1.82) is 0 Å². The molecule has 168 valence electrons. The van der Waals surface area contributed by atoms with Crippen molar-refractivity contribution in [3.63, 3.8) is 0 Å². The molecule has 0 unspecified atom stereocenters. The van der Waals surface area contributed by atoms with Crippen LogP contribution in [-0.2, 0) is 0 Å². The second kappa shape index (κ2) is 10.7. The van der Waals surface area contributed by atoms with Crippen LogP contribution in [0.5, 0.6) is 0 Å². The first kappa shape index (κ1) is 22.4. The molecule has 0 amide bonds. The maximum atomic E-state index is 2.28. The zero-order valence-electron chi connectivity index (χ0n) is 19.9. The van der Waals surface area contributed by atoms with E-state index >= 15 is 0 Å². The second-order valence-corrected chi connectivity index (χ2v) is 8.75. The van der Waals surface area contributed by atoms with Crippen molar-refractivity contribution in [2.45, 2.75) is 6.92 Å². The van der Waals surface area contributed by atoms with Crippen LogP contribution >= 0.6 is 0 Å². The van der Waals surface area contributed by atoms with E-state index in [-0.39, 0.29) is 0 Å². The Morgan fingerprint density at radius 1 is 0.371 bits per heavy atom. The third-order valence-corrected chi connectivity index (χ3v) is 6.18. The Balaban J connectivity index is 1.52. The lowest BCUT2D eigenvalue weighted by Gasteiger charge is -2.11. The minimum absolute atomic E-state index is 1.18. The van der Waals surface area contributed by atoms with Crippen LogP contribution in [0.2, 0.25) is 0 Å². The average molecular weight is 449 g/mol. The van der Waals surface area contributed by atoms with Gasteiger partial charge in [-0.1, -0.05) is 145 Å². The van der Waals surface area contributed by atoms with E-state index in [9.17, 15) is 0 Å². The van der Waals surface area contributed by atoms with Gasteiger partial charge in [-0.15, -0.1) is 0 Å². The number of benzene rings is 5. The summed E-state index contributed by atoms with van der Waals surface area (Å²) in [5.74, 6) is 0. The molecule has 0 saturated carbocycles. The molecule has 0 aromatic heterocycles. The Labute approximate surface area is 208 Å². The largest absolute Gasteiger partial charge is 0.0622 e. The number of hydrogen-bond acceptors (Lipinski definition) is 0. The van der Waals surface area contributed by atoms with Gasteiger partial charge in [-0.3, -0.25) is 0 Å². The van der Waals surface area contributed by atoms with E-state index in [2.05, 4.69) is 159 Å². The zero-order chi connectivity index (χ0) is 23.9. The van der Waals surface area contributed by atoms with Crippen molar-refractivity contribution in [3.05, 3.63) is 178 Å². The van der Waals surface area contributed by atoms with E-state index in [0.29, 0.717) is 0 Å². The first-order chi connectivity index (χ1) is 17.3. The average Bonchev–Trinajstić information content (AvgIpc) is 2.93. The molecule has 0 aliphatic rings. The van der Waals surface area contributed by atoms with Crippen molar-refractivity contribution >= 4 is 23.3 Å². The highest BCUT2D eigenvalue weighted by molar-refractivity contribution is 5.93. The summed E-state index contributed by atoms with van der Waals surface area (Å²) in [6, 6.07) is 49.4. The molecule has 0 bridgehead atoms. The second-order valence-electron chi connectivity index (χ2n) is 8.75. The molecule has 35 heavy (non-hydrogen) atoms. The lowest BCUT2D eigenvalue weighted by atomic mass is 9.94. The molecule has 0 heteroatoms. The predicted molar refractivity (Wildman–Crippen MR) is 151 cm³/mol. The maximum absolute atomic E-state index is 2.28. The minimum Gasteiger partial charge on any atom is -0.0622 e. The molecule has 0 aliphatic carbocycles. The molecule has 0 nitrogen and oxygen atoms in total. The highest BCUT2D eigenvalue weighted by atomic mass is 14.1. The van der Waals surface area contributed by atoms with Crippen molar-refractivity contribution < 1.29 is 0 Å². The van der Waals surface area contributed by atoms with E-state index in [0.717, 1.165) is 0 Å². The van der Waals surface area contributed by atoms with Crippen LogP contribution in [-0.4, -0.2) is 0 Å². The van der Waals surface area contributed by atoms with E-state index < -0.39 is 0 Å². The Morgan fingerprint density at radius 3 is 1.03 bits per heavy atom. The molecule has 5 rings (SSSR count). The molecule has 5 aromatic carbocycles. The first-order valence-corrected chi connectivity index (χ1v) is 12.0. The summed E-state index contributed by atoms with van der Waals surface area (Å²) in [6.07, 6.45) is 4.55. The van der Waals surface area contributed by atoms with Gasteiger partial charge in [0.2, 0.25) is 0 Å². The molecule has 0 spiro atoms. The summed E-state index contributed by atoms with van der Waals surface area (Å²) in [7, 11) is 0. The number of aryl methyl sites for hydroxylation is 1. The molecule has 5 aromatic rings. The van der Waals surface area contributed by atoms with E-state index in [1.165, 1.54) is 50.1 Å². The van der Waals surface area contributed by atoms with Crippen LogP contribution in [0.25, 0.3) is 23.3 Å². The Hall–Kier alpha value is -4.42. The van der Waals surface area contributed by atoms with Gasteiger partial charge in [0.15, 0.2) is 0 Å². The predicted octanol–water partition coefficient (Wildman–Crippen LogP) is 9.17. The van der Waals surface area contributed by atoms with Crippen LogP contribution in [0.4, 0.5) is 0 Å². The third kappa shape index (κ3) is 5.57. The fourth-order valence-corrected chi connectivity index (χ4v) is 4.27. The fraction of sp³-hybridized carbons (Fsp3) is 0.0286. The zero-order valence-corrected chi connectivity index (χ0v) is 19.9. The van der Waals surface area contributed by atoms with Crippen molar-refractivity contribution in [1.82, 2.24) is 0 Å². The normalized spacial score (nSPS) is 11.2. The highest BCUT2D eigenvalue weighted by Crippen LogP contribution is 2.28. The molecule has 0 saturated heterocycles. The molecule has 0 N–H and O–H groups in total. The monoisotopic (exact) mass is 448 g/mol. The summed E-state index contributed by atoms with van der Waals surface area (Å²) in [5, 5.41) is 0. The quantitative estimate of drug-likeness (QED) is 0.227. The summed E-state index contributed by atoms with van der Waals surface area (Å²) in [4.78, 5) is 0. The van der Waals surface area contributed by atoms with Gasteiger partial charge in [0.1, 0.15) is 0 Å². The fourth-order valence-electron chi connectivity index (χ4n) is 4.27. The summed E-state index contributed by atoms with van der Waals surface area (Å²) in [5.41, 5.74) is 11.0. The Morgan fingerprint density at radius 2 is 0.686 bits per heavy atom. The molecular formula is C35H28. The smallest absolute Gasteiger partial charge is 0.0105 e. The molecular weight excluding hydrogens is 420 g/mol. The third-order valence-electron chi connectivity index (χ3n) is 6.18. The van der Waals surface area contributed by atoms with Gasteiger partial charge in [0.25, 0.3) is 0 Å². The SMILES string of the molecule is Cc1ccc(C(=Cc2ccc(C=C(c3ccccc3)c3ccccc3)cc2)c2ccccc2)cc1. The van der Waals surface area contributed by atoms with Crippen LogP contribution in [0, 0.1) is 6.92 Å². The lowest BCUT2D eigenvalue weighted by Crippen LogP contribution is -1.89. The van der Waals surface area contributed by atoms with E-state index in [1.807, 2.05) is 0 Å². The van der Waals surface area contributed by atoms with Crippen LogP contribution in [0.1, 0.15) is 38.9 Å².